The van der Waals surface area contributed by atoms with Crippen LogP contribution in [0.5, 0.6) is 0 Å². The maximum absolute atomic E-state index is 11.8. The number of benzene rings is 1. The highest BCUT2D eigenvalue weighted by atomic mass is 16.2. The molecule has 0 saturated carbocycles. The van der Waals surface area contributed by atoms with Crippen LogP contribution in [-0.2, 0) is 9.59 Å². The Kier molecular flexibility index (Phi) is 6.17. The number of carbonyl (C=O) groups is 2. The predicted octanol–water partition coefficient (Wildman–Crippen LogP) is 1.06. The lowest BCUT2D eigenvalue weighted by atomic mass is 10.2. The number of nitrogens with zero attached hydrogens (tertiary/aromatic N) is 1. The van der Waals surface area contributed by atoms with Gasteiger partial charge in [-0.3, -0.25) is 9.59 Å². The monoisotopic (exact) mass is 292 g/mol. The van der Waals surface area contributed by atoms with E-state index in [1.807, 2.05) is 24.3 Å². The molecular formula is C15H24N4O2. The van der Waals surface area contributed by atoms with Gasteiger partial charge in [0, 0.05) is 24.0 Å². The van der Waals surface area contributed by atoms with Gasteiger partial charge in [0.1, 0.15) is 0 Å². The third kappa shape index (κ3) is 5.07. The van der Waals surface area contributed by atoms with Gasteiger partial charge in [0.25, 0.3) is 0 Å². The lowest BCUT2D eigenvalue weighted by Gasteiger charge is -2.27. The molecule has 6 heteroatoms. The molecule has 21 heavy (non-hydrogen) atoms. The number of anilines is 2. The summed E-state index contributed by atoms with van der Waals surface area (Å²) in [4.78, 5) is 24.8. The van der Waals surface area contributed by atoms with Crippen LogP contribution in [0.2, 0.25) is 0 Å². The SMILES string of the molecule is CCN(c1ccc(NC(=O)C(N)CC(N)=O)cc1)C(C)C. The zero-order valence-corrected chi connectivity index (χ0v) is 12.8. The van der Waals surface area contributed by atoms with Crippen LogP contribution >= 0.6 is 0 Å². The molecule has 2 amide bonds. The van der Waals surface area contributed by atoms with Gasteiger partial charge in [-0.05, 0) is 45.0 Å². The smallest absolute Gasteiger partial charge is 0.241 e. The first-order valence-electron chi connectivity index (χ1n) is 7.06. The molecule has 0 aromatic heterocycles. The van der Waals surface area contributed by atoms with E-state index < -0.39 is 17.9 Å². The van der Waals surface area contributed by atoms with Crippen LogP contribution in [-0.4, -0.2) is 30.4 Å². The van der Waals surface area contributed by atoms with Crippen LogP contribution in [0.3, 0.4) is 0 Å². The highest BCUT2D eigenvalue weighted by Gasteiger charge is 2.16. The van der Waals surface area contributed by atoms with E-state index in [4.69, 9.17) is 11.5 Å². The number of nitrogens with two attached hydrogens (primary N) is 2. The van der Waals surface area contributed by atoms with Gasteiger partial charge in [0.2, 0.25) is 11.8 Å². The summed E-state index contributed by atoms with van der Waals surface area (Å²) in [6.45, 7) is 7.26. The first-order valence-corrected chi connectivity index (χ1v) is 7.06. The van der Waals surface area contributed by atoms with E-state index in [1.165, 1.54) is 0 Å². The molecule has 0 bridgehead atoms. The minimum atomic E-state index is -0.926. The van der Waals surface area contributed by atoms with E-state index in [9.17, 15) is 9.59 Å². The van der Waals surface area contributed by atoms with Gasteiger partial charge in [0.15, 0.2) is 0 Å². The lowest BCUT2D eigenvalue weighted by Crippen LogP contribution is -2.39. The fraction of sp³-hybridized carbons (Fsp3) is 0.467. The number of amides is 2. The van der Waals surface area contributed by atoms with Crippen molar-refractivity contribution in [2.75, 3.05) is 16.8 Å². The Labute approximate surface area is 125 Å². The molecule has 0 aliphatic heterocycles. The number of hydrogen-bond acceptors (Lipinski definition) is 4. The van der Waals surface area contributed by atoms with E-state index in [1.54, 1.807) is 0 Å². The van der Waals surface area contributed by atoms with Crippen molar-refractivity contribution in [3.05, 3.63) is 24.3 Å². The predicted molar refractivity (Wildman–Crippen MR) is 85.0 cm³/mol. The van der Waals surface area contributed by atoms with Crippen LogP contribution in [0.15, 0.2) is 24.3 Å². The average molecular weight is 292 g/mol. The minimum Gasteiger partial charge on any atom is -0.370 e. The number of primary amides is 1. The molecule has 1 aromatic carbocycles. The zero-order valence-electron chi connectivity index (χ0n) is 12.8. The Morgan fingerprint density at radius 2 is 1.81 bits per heavy atom. The molecule has 1 rings (SSSR count). The molecule has 1 unspecified atom stereocenters. The van der Waals surface area contributed by atoms with Crippen LogP contribution < -0.4 is 21.7 Å². The summed E-state index contributed by atoms with van der Waals surface area (Å²) in [6.07, 6.45) is -0.166. The molecule has 0 fully saturated rings. The summed E-state index contributed by atoms with van der Waals surface area (Å²) in [5, 5.41) is 2.67. The molecule has 116 valence electrons. The number of hydrogen-bond donors (Lipinski definition) is 3. The van der Waals surface area contributed by atoms with Crippen molar-refractivity contribution in [3.63, 3.8) is 0 Å². The van der Waals surface area contributed by atoms with E-state index in [0.717, 1.165) is 12.2 Å². The first-order chi connectivity index (χ1) is 9.85. The summed E-state index contributed by atoms with van der Waals surface area (Å²) < 4.78 is 0. The number of rotatable bonds is 7. The fourth-order valence-electron chi connectivity index (χ4n) is 2.13. The number of nitrogens with one attached hydrogen (secondary N) is 1. The minimum absolute atomic E-state index is 0.166. The van der Waals surface area contributed by atoms with Gasteiger partial charge >= 0.3 is 0 Å². The summed E-state index contributed by atoms with van der Waals surface area (Å²) >= 11 is 0. The normalized spacial score (nSPS) is 12.0. The van der Waals surface area contributed by atoms with Gasteiger partial charge in [-0.25, -0.2) is 0 Å². The molecule has 0 aliphatic rings. The highest BCUT2D eigenvalue weighted by molar-refractivity contribution is 5.97. The van der Waals surface area contributed by atoms with Gasteiger partial charge in [0.05, 0.1) is 12.5 Å². The van der Waals surface area contributed by atoms with Crippen molar-refractivity contribution in [2.24, 2.45) is 11.5 Å². The first kappa shape index (κ1) is 17.0. The molecule has 0 heterocycles. The summed E-state index contributed by atoms with van der Waals surface area (Å²) in [5.41, 5.74) is 12.3. The molecule has 1 aromatic rings. The molecule has 0 spiro atoms. The molecule has 0 saturated heterocycles. The van der Waals surface area contributed by atoms with Crippen molar-refractivity contribution in [1.29, 1.82) is 0 Å². The molecule has 6 nitrogen and oxygen atoms in total. The van der Waals surface area contributed by atoms with E-state index in [2.05, 4.69) is 31.0 Å². The van der Waals surface area contributed by atoms with Gasteiger partial charge in [-0.15, -0.1) is 0 Å². The van der Waals surface area contributed by atoms with E-state index in [0.29, 0.717) is 11.7 Å². The Hall–Kier alpha value is -2.08. The maximum atomic E-state index is 11.8. The second-order valence-corrected chi connectivity index (χ2v) is 5.19. The third-order valence-corrected chi connectivity index (χ3v) is 3.19. The Morgan fingerprint density at radius 1 is 1.24 bits per heavy atom. The van der Waals surface area contributed by atoms with Crippen LogP contribution in [0.4, 0.5) is 11.4 Å². The van der Waals surface area contributed by atoms with Crippen LogP contribution in [0, 0.1) is 0 Å². The summed E-state index contributed by atoms with van der Waals surface area (Å²) in [6, 6.07) is 6.99. The summed E-state index contributed by atoms with van der Waals surface area (Å²) in [5.74, 6) is -1.01. The standard InChI is InChI=1S/C15H24N4O2/c1-4-19(10(2)3)12-7-5-11(6-8-12)18-15(21)13(16)9-14(17)20/h5-8,10,13H,4,9,16H2,1-3H3,(H2,17,20)(H,18,21). The van der Waals surface area contributed by atoms with Crippen LogP contribution in [0.25, 0.3) is 0 Å². The average Bonchev–Trinajstić information content (AvgIpc) is 2.40. The van der Waals surface area contributed by atoms with Crippen molar-refractivity contribution < 1.29 is 9.59 Å². The van der Waals surface area contributed by atoms with Crippen molar-refractivity contribution >= 4 is 23.2 Å². The van der Waals surface area contributed by atoms with Crippen molar-refractivity contribution in [2.45, 2.75) is 39.3 Å². The van der Waals surface area contributed by atoms with Gasteiger partial charge in [-0.1, -0.05) is 0 Å². The topological polar surface area (TPSA) is 101 Å². The molecule has 0 aliphatic carbocycles. The Morgan fingerprint density at radius 3 is 2.24 bits per heavy atom. The fourth-order valence-corrected chi connectivity index (χ4v) is 2.13. The molecule has 0 radical (unpaired) electrons. The zero-order chi connectivity index (χ0) is 16.0. The van der Waals surface area contributed by atoms with Gasteiger partial charge < -0.3 is 21.7 Å². The third-order valence-electron chi connectivity index (χ3n) is 3.19. The van der Waals surface area contributed by atoms with Gasteiger partial charge in [-0.2, -0.15) is 0 Å². The molecular weight excluding hydrogens is 268 g/mol. The maximum Gasteiger partial charge on any atom is 0.241 e. The van der Waals surface area contributed by atoms with Crippen LogP contribution in [0.1, 0.15) is 27.2 Å². The molecule has 5 N–H and O–H groups in total. The Balaban J connectivity index is 2.70. The summed E-state index contributed by atoms with van der Waals surface area (Å²) in [7, 11) is 0. The quantitative estimate of drug-likeness (QED) is 0.699. The lowest BCUT2D eigenvalue weighted by molar-refractivity contribution is -0.123. The van der Waals surface area contributed by atoms with Crippen molar-refractivity contribution in [3.8, 4) is 0 Å². The van der Waals surface area contributed by atoms with E-state index >= 15 is 0 Å². The largest absolute Gasteiger partial charge is 0.370 e. The second-order valence-electron chi connectivity index (χ2n) is 5.19. The van der Waals surface area contributed by atoms with Crippen molar-refractivity contribution in [1.82, 2.24) is 0 Å². The Bertz CT molecular complexity index is 485. The highest BCUT2D eigenvalue weighted by Crippen LogP contribution is 2.20. The van der Waals surface area contributed by atoms with E-state index in [-0.39, 0.29) is 6.42 Å². The number of carbonyl (C=O) groups excluding carboxylic acids is 2. The molecule has 1 atom stereocenters. The second kappa shape index (κ2) is 7.64.